The van der Waals surface area contributed by atoms with Crippen LogP contribution in [0.2, 0.25) is 0 Å². The summed E-state index contributed by atoms with van der Waals surface area (Å²) in [6.45, 7) is -2.15. The van der Waals surface area contributed by atoms with E-state index in [0.29, 0.717) is 0 Å². The molecular weight excluding hydrogens is 320 g/mol. The van der Waals surface area contributed by atoms with E-state index in [2.05, 4.69) is 0 Å². The molecule has 0 aliphatic carbocycles. The first-order valence-electron chi connectivity index (χ1n) is 7.04. The van der Waals surface area contributed by atoms with Crippen molar-refractivity contribution in [1.29, 1.82) is 0 Å². The van der Waals surface area contributed by atoms with E-state index in [0.717, 1.165) is 0 Å². The summed E-state index contributed by atoms with van der Waals surface area (Å²) in [5.41, 5.74) is 0. The highest BCUT2D eigenvalue weighted by atomic mass is 16.7. The molecule has 5 unspecified atom stereocenters. The Morgan fingerprint density at radius 1 is 0.957 bits per heavy atom. The summed E-state index contributed by atoms with van der Waals surface area (Å²) in [6, 6.07) is 0. The van der Waals surface area contributed by atoms with Gasteiger partial charge in [0.15, 0.2) is 6.29 Å². The van der Waals surface area contributed by atoms with Crippen molar-refractivity contribution in [3.05, 3.63) is 0 Å². The minimum atomic E-state index is -2.38. The summed E-state index contributed by atoms with van der Waals surface area (Å²) in [6.07, 6.45) is -12.9. The molecule has 0 aromatic heterocycles. The lowest BCUT2D eigenvalue weighted by Crippen LogP contribution is -2.67. The molecule has 0 amide bonds. The van der Waals surface area contributed by atoms with Gasteiger partial charge in [-0.1, -0.05) is 0 Å². The molecule has 136 valence electrons. The summed E-state index contributed by atoms with van der Waals surface area (Å²) in [7, 11) is 0. The molecule has 2 rings (SSSR count). The van der Waals surface area contributed by atoms with Crippen LogP contribution in [0.3, 0.4) is 0 Å². The van der Waals surface area contributed by atoms with Crippen LogP contribution in [0.25, 0.3) is 0 Å². The van der Waals surface area contributed by atoms with Gasteiger partial charge in [0.05, 0.1) is 19.8 Å². The average molecular weight is 342 g/mol. The summed E-state index contributed by atoms with van der Waals surface area (Å²) in [5, 5.41) is 77.2. The molecule has 0 spiro atoms. The number of hydrogen-bond acceptors (Lipinski definition) is 11. The van der Waals surface area contributed by atoms with Gasteiger partial charge in [0, 0.05) is 0 Å². The van der Waals surface area contributed by atoms with Crippen LogP contribution in [-0.2, 0) is 14.2 Å². The molecule has 2 heterocycles. The SMILES string of the molecule is OCC1O[C@@H](OC2C(O)[C@@H](O)CO[C@@]2(O)CO)C(O)C(O)[C@H]1O. The Kier molecular flexibility index (Phi) is 5.92. The lowest BCUT2D eigenvalue weighted by atomic mass is 9.96. The van der Waals surface area contributed by atoms with Crippen LogP contribution in [0, 0.1) is 0 Å². The zero-order valence-electron chi connectivity index (χ0n) is 12.0. The molecule has 11 nitrogen and oxygen atoms in total. The smallest absolute Gasteiger partial charge is 0.219 e. The van der Waals surface area contributed by atoms with Gasteiger partial charge in [-0.2, -0.15) is 0 Å². The highest BCUT2D eigenvalue weighted by molar-refractivity contribution is 4.95. The summed E-state index contributed by atoms with van der Waals surface area (Å²) in [4.78, 5) is 0. The maximum absolute atomic E-state index is 10.1. The van der Waals surface area contributed by atoms with Gasteiger partial charge in [-0.05, 0) is 0 Å². The van der Waals surface area contributed by atoms with Crippen LogP contribution < -0.4 is 0 Å². The van der Waals surface area contributed by atoms with Crippen LogP contribution in [0.15, 0.2) is 0 Å². The number of hydrogen-bond donors (Lipinski definition) is 8. The summed E-state index contributed by atoms with van der Waals surface area (Å²) >= 11 is 0. The largest absolute Gasteiger partial charge is 0.394 e. The Morgan fingerprint density at radius 2 is 1.61 bits per heavy atom. The molecule has 0 bridgehead atoms. The van der Waals surface area contributed by atoms with Crippen LogP contribution in [0.1, 0.15) is 0 Å². The van der Waals surface area contributed by atoms with Crippen molar-refractivity contribution in [1.82, 2.24) is 0 Å². The zero-order valence-corrected chi connectivity index (χ0v) is 12.0. The second-order valence-electron chi connectivity index (χ2n) is 5.63. The quantitative estimate of drug-likeness (QED) is 0.243. The van der Waals surface area contributed by atoms with Crippen molar-refractivity contribution in [3.8, 4) is 0 Å². The van der Waals surface area contributed by atoms with E-state index < -0.39 is 74.6 Å². The number of aliphatic hydroxyl groups excluding tert-OH is 7. The molecule has 9 atom stereocenters. The van der Waals surface area contributed by atoms with Crippen LogP contribution in [0.5, 0.6) is 0 Å². The predicted molar refractivity (Wildman–Crippen MR) is 68.6 cm³/mol. The number of ether oxygens (including phenoxy) is 3. The standard InChI is InChI=1S/C12H22O11/c13-1-5-7(17)8(18)9(19)11(22-5)23-10-6(16)4(15)2-21-12(10,20)3-14/h4-11,13-20H,1-3H2/t4-,5?,6?,7-,8?,9?,10?,11-,12-/m0/s1. The maximum Gasteiger partial charge on any atom is 0.219 e. The Labute approximate surface area is 130 Å². The fraction of sp³-hybridized carbons (Fsp3) is 1.00. The van der Waals surface area contributed by atoms with Gasteiger partial charge in [0.1, 0.15) is 42.7 Å². The van der Waals surface area contributed by atoms with Gasteiger partial charge in [-0.3, -0.25) is 0 Å². The molecule has 23 heavy (non-hydrogen) atoms. The normalized spacial score (nSPS) is 51.7. The lowest BCUT2D eigenvalue weighted by molar-refractivity contribution is -0.387. The Hall–Kier alpha value is -0.440. The molecular formula is C12H22O11. The van der Waals surface area contributed by atoms with Crippen molar-refractivity contribution in [2.24, 2.45) is 0 Å². The lowest BCUT2D eigenvalue weighted by Gasteiger charge is -2.47. The molecule has 2 aliphatic rings. The molecule has 0 aromatic rings. The third-order valence-corrected chi connectivity index (χ3v) is 4.01. The van der Waals surface area contributed by atoms with Gasteiger partial charge in [-0.15, -0.1) is 0 Å². The molecule has 0 saturated carbocycles. The minimum absolute atomic E-state index is 0.466. The average Bonchev–Trinajstić information content (AvgIpc) is 2.55. The number of rotatable bonds is 4. The first-order valence-corrected chi connectivity index (χ1v) is 7.04. The molecule has 8 N–H and O–H groups in total. The van der Waals surface area contributed by atoms with Crippen molar-refractivity contribution in [2.45, 2.75) is 54.8 Å². The van der Waals surface area contributed by atoms with Crippen LogP contribution >= 0.6 is 0 Å². The van der Waals surface area contributed by atoms with Gasteiger partial charge >= 0.3 is 0 Å². The van der Waals surface area contributed by atoms with E-state index in [9.17, 15) is 35.7 Å². The third kappa shape index (κ3) is 3.50. The molecule has 2 aliphatic heterocycles. The molecule has 0 aromatic carbocycles. The fourth-order valence-corrected chi connectivity index (χ4v) is 2.53. The Bertz CT molecular complexity index is 393. The van der Waals surface area contributed by atoms with E-state index in [1.165, 1.54) is 0 Å². The van der Waals surface area contributed by atoms with E-state index >= 15 is 0 Å². The third-order valence-electron chi connectivity index (χ3n) is 4.01. The highest BCUT2D eigenvalue weighted by Crippen LogP contribution is 2.30. The summed E-state index contributed by atoms with van der Waals surface area (Å²) in [5.74, 6) is -2.38. The van der Waals surface area contributed by atoms with E-state index in [4.69, 9.17) is 19.3 Å². The van der Waals surface area contributed by atoms with Crippen molar-refractivity contribution in [2.75, 3.05) is 19.8 Å². The zero-order chi connectivity index (χ0) is 17.4. The Balaban J connectivity index is 2.17. The first-order chi connectivity index (χ1) is 10.7. The Morgan fingerprint density at radius 3 is 2.17 bits per heavy atom. The topological polar surface area (TPSA) is 190 Å². The monoisotopic (exact) mass is 342 g/mol. The van der Waals surface area contributed by atoms with Crippen LogP contribution in [-0.4, -0.2) is 115 Å². The van der Waals surface area contributed by atoms with Gasteiger partial charge < -0.3 is 55.1 Å². The van der Waals surface area contributed by atoms with E-state index in [-0.39, 0.29) is 0 Å². The van der Waals surface area contributed by atoms with Gasteiger partial charge in [0.25, 0.3) is 0 Å². The van der Waals surface area contributed by atoms with Gasteiger partial charge in [0.2, 0.25) is 5.79 Å². The highest BCUT2D eigenvalue weighted by Gasteiger charge is 2.53. The van der Waals surface area contributed by atoms with Crippen molar-refractivity contribution in [3.63, 3.8) is 0 Å². The molecule has 0 radical (unpaired) electrons. The van der Waals surface area contributed by atoms with Crippen molar-refractivity contribution < 1.29 is 55.1 Å². The first kappa shape index (κ1) is 18.9. The molecule has 2 saturated heterocycles. The van der Waals surface area contributed by atoms with E-state index in [1.807, 2.05) is 0 Å². The summed E-state index contributed by atoms with van der Waals surface area (Å²) < 4.78 is 15.1. The van der Waals surface area contributed by atoms with E-state index in [1.54, 1.807) is 0 Å². The van der Waals surface area contributed by atoms with Gasteiger partial charge in [-0.25, -0.2) is 0 Å². The van der Waals surface area contributed by atoms with Crippen LogP contribution in [0.4, 0.5) is 0 Å². The molecule has 2 fully saturated rings. The predicted octanol–water partition coefficient (Wildman–Crippen LogP) is -5.40. The fourth-order valence-electron chi connectivity index (χ4n) is 2.53. The number of aliphatic hydroxyl groups is 8. The minimum Gasteiger partial charge on any atom is -0.394 e. The van der Waals surface area contributed by atoms with Crippen molar-refractivity contribution >= 4 is 0 Å². The second kappa shape index (κ2) is 7.21. The maximum atomic E-state index is 10.1. The second-order valence-corrected chi connectivity index (χ2v) is 5.63. The molecule has 11 heteroatoms.